The van der Waals surface area contributed by atoms with Gasteiger partial charge in [-0.05, 0) is 25.3 Å². The van der Waals surface area contributed by atoms with Crippen LogP contribution in [0.5, 0.6) is 5.75 Å². The topological polar surface area (TPSA) is 46.2 Å². The molecule has 0 amide bonds. The average Bonchev–Trinajstić information content (AvgIpc) is 2.08. The smallest absolute Gasteiger partial charge is 0.120 e. The van der Waals surface area contributed by atoms with Crippen LogP contribution in [0.4, 0.5) is 0 Å². The number of phenols is 1. The fourth-order valence-corrected chi connectivity index (χ4v) is 1.61. The molecule has 2 nitrogen and oxygen atoms in total. The van der Waals surface area contributed by atoms with E-state index in [2.05, 4.69) is 13.8 Å². The van der Waals surface area contributed by atoms with Gasteiger partial charge >= 0.3 is 0 Å². The highest BCUT2D eigenvalue weighted by Gasteiger charge is 2.12. The third-order valence-electron chi connectivity index (χ3n) is 2.31. The third kappa shape index (κ3) is 2.74. The second kappa shape index (κ2) is 4.47. The maximum Gasteiger partial charge on any atom is 0.120 e. The minimum Gasteiger partial charge on any atom is -0.508 e. The molecule has 0 aliphatic rings. The van der Waals surface area contributed by atoms with Crippen molar-refractivity contribution in [1.29, 1.82) is 0 Å². The van der Waals surface area contributed by atoms with Crippen LogP contribution < -0.4 is 5.73 Å². The molecular weight excluding hydrogens is 174 g/mol. The van der Waals surface area contributed by atoms with Gasteiger partial charge in [-0.1, -0.05) is 31.5 Å². The number of nitrogens with two attached hydrogens (primary N) is 1. The van der Waals surface area contributed by atoms with Crippen LogP contribution in [0, 0.1) is 12.8 Å². The number of phenolic OH excluding ortho intramolecular Hbond substituents is 1. The zero-order valence-corrected chi connectivity index (χ0v) is 9.12. The Balaban J connectivity index is 2.88. The standard InChI is InChI=1S/C12H19NO/c1-8(2)6-11(13)10-7-9(3)4-5-12(10)14/h4-5,7-8,11,14H,6,13H2,1-3H3/t11-/m0/s1. The van der Waals surface area contributed by atoms with Crippen molar-refractivity contribution in [2.75, 3.05) is 0 Å². The first kappa shape index (κ1) is 11.1. The second-order valence-electron chi connectivity index (χ2n) is 4.30. The molecule has 0 unspecified atom stereocenters. The summed E-state index contributed by atoms with van der Waals surface area (Å²) < 4.78 is 0. The van der Waals surface area contributed by atoms with Gasteiger partial charge in [0.05, 0.1) is 0 Å². The number of aryl methyl sites for hydroxylation is 1. The first-order valence-corrected chi connectivity index (χ1v) is 5.05. The van der Waals surface area contributed by atoms with Crippen LogP contribution in [0.1, 0.15) is 37.4 Å². The molecule has 1 aromatic rings. The molecule has 0 saturated carbocycles. The third-order valence-corrected chi connectivity index (χ3v) is 2.31. The first-order valence-electron chi connectivity index (χ1n) is 5.05. The van der Waals surface area contributed by atoms with Crippen molar-refractivity contribution in [2.45, 2.75) is 33.2 Å². The monoisotopic (exact) mass is 193 g/mol. The van der Waals surface area contributed by atoms with Gasteiger partial charge in [-0.15, -0.1) is 0 Å². The van der Waals surface area contributed by atoms with Gasteiger partial charge in [-0.3, -0.25) is 0 Å². The Hall–Kier alpha value is -1.02. The van der Waals surface area contributed by atoms with Crippen molar-refractivity contribution in [1.82, 2.24) is 0 Å². The van der Waals surface area contributed by atoms with Crippen molar-refractivity contribution in [3.8, 4) is 5.75 Å². The van der Waals surface area contributed by atoms with Crippen molar-refractivity contribution in [2.24, 2.45) is 11.7 Å². The lowest BCUT2D eigenvalue weighted by atomic mass is 9.96. The van der Waals surface area contributed by atoms with Gasteiger partial charge < -0.3 is 10.8 Å². The average molecular weight is 193 g/mol. The molecule has 0 fully saturated rings. The summed E-state index contributed by atoms with van der Waals surface area (Å²) in [6, 6.07) is 5.50. The largest absolute Gasteiger partial charge is 0.508 e. The summed E-state index contributed by atoms with van der Waals surface area (Å²) in [7, 11) is 0. The maximum absolute atomic E-state index is 9.64. The van der Waals surface area contributed by atoms with E-state index in [4.69, 9.17) is 5.73 Å². The van der Waals surface area contributed by atoms with Crippen molar-refractivity contribution < 1.29 is 5.11 Å². The van der Waals surface area contributed by atoms with Crippen LogP contribution in [0.15, 0.2) is 18.2 Å². The number of rotatable bonds is 3. The Kier molecular flexibility index (Phi) is 3.53. The second-order valence-corrected chi connectivity index (χ2v) is 4.30. The van der Waals surface area contributed by atoms with Gasteiger partial charge in [-0.25, -0.2) is 0 Å². The van der Waals surface area contributed by atoms with Gasteiger partial charge in [0.2, 0.25) is 0 Å². The van der Waals surface area contributed by atoms with Gasteiger partial charge in [0.25, 0.3) is 0 Å². The van der Waals surface area contributed by atoms with Crippen molar-refractivity contribution in [3.63, 3.8) is 0 Å². The summed E-state index contributed by atoms with van der Waals surface area (Å²) in [6.45, 7) is 6.27. The van der Waals surface area contributed by atoms with Crippen LogP contribution in [-0.4, -0.2) is 5.11 Å². The fraction of sp³-hybridized carbons (Fsp3) is 0.500. The Bertz CT molecular complexity index is 307. The summed E-state index contributed by atoms with van der Waals surface area (Å²) in [4.78, 5) is 0. The molecule has 3 N–H and O–H groups in total. The lowest BCUT2D eigenvalue weighted by molar-refractivity contribution is 0.445. The Labute approximate surface area is 85.8 Å². The van der Waals surface area contributed by atoms with Crippen LogP contribution >= 0.6 is 0 Å². The van der Waals surface area contributed by atoms with Crippen LogP contribution in [-0.2, 0) is 0 Å². The molecule has 0 saturated heterocycles. The minimum absolute atomic E-state index is 0.0603. The van der Waals surface area contributed by atoms with Gasteiger partial charge in [-0.2, -0.15) is 0 Å². The van der Waals surface area contributed by atoms with E-state index in [0.717, 1.165) is 17.5 Å². The minimum atomic E-state index is -0.0603. The molecule has 0 heterocycles. The lowest BCUT2D eigenvalue weighted by Gasteiger charge is -2.16. The molecule has 2 heteroatoms. The molecule has 78 valence electrons. The zero-order valence-electron chi connectivity index (χ0n) is 9.12. The van der Waals surface area contributed by atoms with Gasteiger partial charge in [0, 0.05) is 11.6 Å². The van der Waals surface area contributed by atoms with E-state index in [1.807, 2.05) is 19.1 Å². The zero-order chi connectivity index (χ0) is 10.7. The molecule has 1 atom stereocenters. The quantitative estimate of drug-likeness (QED) is 0.775. The molecule has 0 radical (unpaired) electrons. The van der Waals surface area contributed by atoms with E-state index in [9.17, 15) is 5.11 Å². The number of benzene rings is 1. The molecule has 0 aliphatic heterocycles. The highest BCUT2D eigenvalue weighted by molar-refractivity contribution is 5.37. The fourth-order valence-electron chi connectivity index (χ4n) is 1.61. The highest BCUT2D eigenvalue weighted by atomic mass is 16.3. The molecule has 0 bridgehead atoms. The van der Waals surface area contributed by atoms with E-state index >= 15 is 0 Å². The lowest BCUT2D eigenvalue weighted by Crippen LogP contribution is -2.13. The summed E-state index contributed by atoms with van der Waals surface area (Å²) in [6.07, 6.45) is 0.900. The van der Waals surface area contributed by atoms with Crippen molar-refractivity contribution in [3.05, 3.63) is 29.3 Å². The SMILES string of the molecule is Cc1ccc(O)c([C@@H](N)CC(C)C)c1. The Morgan fingerprint density at radius 3 is 2.57 bits per heavy atom. The number of aromatic hydroxyl groups is 1. The molecule has 1 aromatic carbocycles. The molecule has 0 aliphatic carbocycles. The molecule has 0 aromatic heterocycles. The number of hydrogen-bond donors (Lipinski definition) is 2. The van der Waals surface area contributed by atoms with E-state index in [-0.39, 0.29) is 6.04 Å². The highest BCUT2D eigenvalue weighted by Crippen LogP contribution is 2.27. The summed E-state index contributed by atoms with van der Waals surface area (Å²) >= 11 is 0. The molecule has 14 heavy (non-hydrogen) atoms. The first-order chi connectivity index (χ1) is 6.50. The number of hydrogen-bond acceptors (Lipinski definition) is 2. The van der Waals surface area contributed by atoms with Crippen molar-refractivity contribution >= 4 is 0 Å². The van der Waals surface area contributed by atoms with Gasteiger partial charge in [0.15, 0.2) is 0 Å². The summed E-state index contributed by atoms with van der Waals surface area (Å²) in [5, 5.41) is 9.64. The van der Waals surface area contributed by atoms with Crippen LogP contribution in [0.25, 0.3) is 0 Å². The molecular formula is C12H19NO. The normalized spacial score (nSPS) is 13.2. The predicted molar refractivity (Wildman–Crippen MR) is 59.2 cm³/mol. The summed E-state index contributed by atoms with van der Waals surface area (Å²) in [5.41, 5.74) is 8.00. The van der Waals surface area contributed by atoms with E-state index in [0.29, 0.717) is 11.7 Å². The van der Waals surface area contributed by atoms with Gasteiger partial charge in [0.1, 0.15) is 5.75 Å². The van der Waals surface area contributed by atoms with Crippen LogP contribution in [0.3, 0.4) is 0 Å². The molecule has 1 rings (SSSR count). The van der Waals surface area contributed by atoms with E-state index < -0.39 is 0 Å². The summed E-state index contributed by atoms with van der Waals surface area (Å²) in [5.74, 6) is 0.855. The Morgan fingerprint density at radius 2 is 2.00 bits per heavy atom. The van der Waals surface area contributed by atoms with E-state index in [1.165, 1.54) is 0 Å². The molecule has 0 spiro atoms. The Morgan fingerprint density at radius 1 is 1.36 bits per heavy atom. The predicted octanol–water partition coefficient (Wildman–Crippen LogP) is 2.75. The maximum atomic E-state index is 9.64. The van der Waals surface area contributed by atoms with E-state index in [1.54, 1.807) is 6.07 Å². The van der Waals surface area contributed by atoms with Crippen LogP contribution in [0.2, 0.25) is 0 Å².